The van der Waals surface area contributed by atoms with E-state index in [1.165, 1.54) is 23.6 Å². The van der Waals surface area contributed by atoms with Crippen LogP contribution in [0.15, 0.2) is 54.6 Å². The second kappa shape index (κ2) is 6.89. The molecule has 0 aliphatic carbocycles. The summed E-state index contributed by atoms with van der Waals surface area (Å²) in [7, 11) is 0. The van der Waals surface area contributed by atoms with Crippen molar-refractivity contribution < 1.29 is 9.53 Å². The van der Waals surface area contributed by atoms with Gasteiger partial charge in [-0.2, -0.15) is 0 Å². The Kier molecular flexibility index (Phi) is 4.94. The molecule has 0 amide bonds. The molecule has 2 aromatic carbocycles. The standard InChI is InChI=1S/C19H20O2/c1-14-4-8-17(9-5-14)10-13-19(21-16(3)20)18-11-6-15(2)7-12-18/h4-9,11-13H,10H2,1-3H3. The normalized spacial score (nSPS) is 11.3. The van der Waals surface area contributed by atoms with E-state index >= 15 is 0 Å². The molecule has 21 heavy (non-hydrogen) atoms. The third-order valence-corrected chi connectivity index (χ3v) is 3.23. The molecule has 2 aromatic rings. The fourth-order valence-electron chi connectivity index (χ4n) is 2.03. The van der Waals surface area contributed by atoms with Crippen molar-refractivity contribution in [3.63, 3.8) is 0 Å². The van der Waals surface area contributed by atoms with Crippen molar-refractivity contribution in [2.75, 3.05) is 0 Å². The maximum absolute atomic E-state index is 11.3. The van der Waals surface area contributed by atoms with Gasteiger partial charge in [-0.3, -0.25) is 4.79 Å². The average molecular weight is 280 g/mol. The van der Waals surface area contributed by atoms with Gasteiger partial charge in [0.1, 0.15) is 5.76 Å². The van der Waals surface area contributed by atoms with Gasteiger partial charge in [-0.25, -0.2) is 0 Å². The molecule has 0 aliphatic heterocycles. The van der Waals surface area contributed by atoms with Gasteiger partial charge in [0.05, 0.1) is 0 Å². The Balaban J connectivity index is 2.22. The Bertz CT molecular complexity index is 634. The number of hydrogen-bond donors (Lipinski definition) is 0. The second-order valence-electron chi connectivity index (χ2n) is 5.22. The highest BCUT2D eigenvalue weighted by Crippen LogP contribution is 2.18. The third-order valence-electron chi connectivity index (χ3n) is 3.23. The Morgan fingerprint density at radius 2 is 1.48 bits per heavy atom. The number of carbonyl (C=O) groups excluding carboxylic acids is 1. The molecule has 0 atom stereocenters. The van der Waals surface area contributed by atoms with Crippen molar-refractivity contribution in [3.05, 3.63) is 76.9 Å². The first-order chi connectivity index (χ1) is 10.0. The first-order valence-electron chi connectivity index (χ1n) is 7.06. The first-order valence-corrected chi connectivity index (χ1v) is 7.06. The summed E-state index contributed by atoms with van der Waals surface area (Å²) in [6.07, 6.45) is 2.69. The van der Waals surface area contributed by atoms with E-state index in [1.807, 2.05) is 37.3 Å². The molecule has 2 heteroatoms. The zero-order valence-corrected chi connectivity index (χ0v) is 12.7. The van der Waals surface area contributed by atoms with Gasteiger partial charge >= 0.3 is 5.97 Å². The quantitative estimate of drug-likeness (QED) is 0.611. The van der Waals surface area contributed by atoms with E-state index in [1.54, 1.807) is 0 Å². The van der Waals surface area contributed by atoms with Crippen molar-refractivity contribution >= 4 is 11.7 Å². The van der Waals surface area contributed by atoms with E-state index in [2.05, 4.69) is 31.2 Å². The van der Waals surface area contributed by atoms with E-state index < -0.39 is 0 Å². The molecule has 0 heterocycles. The molecule has 0 spiro atoms. The summed E-state index contributed by atoms with van der Waals surface area (Å²) < 4.78 is 5.34. The molecule has 108 valence electrons. The minimum Gasteiger partial charge on any atom is -0.426 e. The lowest BCUT2D eigenvalue weighted by Gasteiger charge is -2.08. The maximum atomic E-state index is 11.3. The number of allylic oxidation sites excluding steroid dienone is 1. The predicted octanol–water partition coefficient (Wildman–Crippen LogP) is 4.45. The zero-order chi connectivity index (χ0) is 15.2. The first kappa shape index (κ1) is 15.0. The molecule has 0 aliphatic rings. The van der Waals surface area contributed by atoms with E-state index in [9.17, 15) is 4.79 Å². The summed E-state index contributed by atoms with van der Waals surface area (Å²) in [5.74, 6) is 0.314. The van der Waals surface area contributed by atoms with Crippen LogP contribution >= 0.6 is 0 Å². The van der Waals surface area contributed by atoms with Crippen molar-refractivity contribution in [3.8, 4) is 0 Å². The van der Waals surface area contributed by atoms with Crippen molar-refractivity contribution in [2.45, 2.75) is 27.2 Å². The summed E-state index contributed by atoms with van der Waals surface area (Å²) in [6.45, 7) is 5.52. The summed E-state index contributed by atoms with van der Waals surface area (Å²) >= 11 is 0. The van der Waals surface area contributed by atoms with Gasteiger partial charge in [0.25, 0.3) is 0 Å². The number of esters is 1. The molecule has 0 aromatic heterocycles. The number of hydrogen-bond acceptors (Lipinski definition) is 2. The van der Waals surface area contributed by atoms with Crippen LogP contribution in [0.3, 0.4) is 0 Å². The monoisotopic (exact) mass is 280 g/mol. The molecule has 0 unspecified atom stereocenters. The fraction of sp³-hybridized carbons (Fsp3) is 0.211. The van der Waals surface area contributed by atoms with Crippen molar-refractivity contribution in [1.29, 1.82) is 0 Å². The van der Waals surface area contributed by atoms with Gasteiger partial charge in [0.2, 0.25) is 0 Å². The molecule has 0 saturated carbocycles. The van der Waals surface area contributed by atoms with E-state index in [0.29, 0.717) is 5.76 Å². The highest BCUT2D eigenvalue weighted by Gasteiger charge is 2.06. The topological polar surface area (TPSA) is 26.3 Å². The van der Waals surface area contributed by atoms with Crippen molar-refractivity contribution in [2.24, 2.45) is 0 Å². The average Bonchev–Trinajstić information content (AvgIpc) is 2.46. The smallest absolute Gasteiger partial charge is 0.308 e. The minimum atomic E-state index is -0.300. The number of rotatable bonds is 4. The molecule has 0 saturated heterocycles. The van der Waals surface area contributed by atoms with Crippen LogP contribution < -0.4 is 0 Å². The number of benzene rings is 2. The van der Waals surface area contributed by atoms with Gasteiger partial charge in [-0.05, 0) is 31.9 Å². The number of carbonyl (C=O) groups is 1. The number of ether oxygens (including phenoxy) is 1. The highest BCUT2D eigenvalue weighted by molar-refractivity contribution is 5.76. The van der Waals surface area contributed by atoms with Crippen LogP contribution in [0.2, 0.25) is 0 Å². The molecule has 2 nitrogen and oxygen atoms in total. The maximum Gasteiger partial charge on any atom is 0.308 e. The molecule has 2 rings (SSSR count). The Morgan fingerprint density at radius 1 is 0.952 bits per heavy atom. The number of aryl methyl sites for hydroxylation is 2. The van der Waals surface area contributed by atoms with Crippen LogP contribution in [0.4, 0.5) is 0 Å². The van der Waals surface area contributed by atoms with Gasteiger partial charge < -0.3 is 4.74 Å². The second-order valence-corrected chi connectivity index (χ2v) is 5.22. The van der Waals surface area contributed by atoms with Gasteiger partial charge in [-0.1, -0.05) is 59.7 Å². The Hall–Kier alpha value is -2.35. The molecule has 0 N–H and O–H groups in total. The molecule has 0 radical (unpaired) electrons. The predicted molar refractivity (Wildman–Crippen MR) is 85.8 cm³/mol. The summed E-state index contributed by atoms with van der Waals surface area (Å²) in [4.78, 5) is 11.3. The lowest BCUT2D eigenvalue weighted by Crippen LogP contribution is -1.99. The van der Waals surface area contributed by atoms with Crippen LogP contribution in [-0.2, 0) is 16.0 Å². The van der Waals surface area contributed by atoms with E-state index in [0.717, 1.165) is 12.0 Å². The highest BCUT2D eigenvalue weighted by atomic mass is 16.5. The molecule has 0 fully saturated rings. The van der Waals surface area contributed by atoms with Gasteiger partial charge in [-0.15, -0.1) is 0 Å². The molecular formula is C19H20O2. The van der Waals surface area contributed by atoms with Crippen molar-refractivity contribution in [1.82, 2.24) is 0 Å². The summed E-state index contributed by atoms with van der Waals surface area (Å²) in [6, 6.07) is 16.3. The lowest BCUT2D eigenvalue weighted by atomic mass is 10.1. The molecular weight excluding hydrogens is 260 g/mol. The van der Waals surface area contributed by atoms with E-state index in [-0.39, 0.29) is 5.97 Å². The van der Waals surface area contributed by atoms with E-state index in [4.69, 9.17) is 4.74 Å². The summed E-state index contributed by atoms with van der Waals surface area (Å²) in [5, 5.41) is 0. The SMILES string of the molecule is CC(=O)OC(=CCc1ccc(C)cc1)c1ccc(C)cc1. The third kappa shape index (κ3) is 4.60. The summed E-state index contributed by atoms with van der Waals surface area (Å²) in [5.41, 5.74) is 4.53. The molecule has 0 bridgehead atoms. The Morgan fingerprint density at radius 3 is 2.00 bits per heavy atom. The van der Waals surface area contributed by atoms with Crippen LogP contribution in [0.25, 0.3) is 5.76 Å². The minimum absolute atomic E-state index is 0.300. The van der Waals surface area contributed by atoms with Gasteiger partial charge in [0.15, 0.2) is 0 Å². The Labute approximate surface area is 126 Å². The fourth-order valence-corrected chi connectivity index (χ4v) is 2.03. The van der Waals surface area contributed by atoms with Crippen LogP contribution in [0, 0.1) is 13.8 Å². The zero-order valence-electron chi connectivity index (χ0n) is 12.7. The van der Waals surface area contributed by atoms with Gasteiger partial charge in [0, 0.05) is 12.5 Å². The van der Waals surface area contributed by atoms with Crippen LogP contribution in [0.5, 0.6) is 0 Å². The van der Waals surface area contributed by atoms with Crippen LogP contribution in [-0.4, -0.2) is 5.97 Å². The largest absolute Gasteiger partial charge is 0.426 e. The van der Waals surface area contributed by atoms with Crippen LogP contribution in [0.1, 0.15) is 29.2 Å². The lowest BCUT2D eigenvalue weighted by molar-refractivity contribution is -0.134.